The molecule has 1 amide bonds. The highest BCUT2D eigenvalue weighted by atomic mass is 16.2. The van der Waals surface area contributed by atoms with Gasteiger partial charge in [-0.2, -0.15) is 0 Å². The summed E-state index contributed by atoms with van der Waals surface area (Å²) in [6, 6.07) is 17.1. The van der Waals surface area contributed by atoms with Crippen LogP contribution in [0.5, 0.6) is 0 Å². The Bertz CT molecular complexity index is 1140. The molecule has 0 unspecified atom stereocenters. The summed E-state index contributed by atoms with van der Waals surface area (Å²) in [5.74, 6) is 0.484. The Labute approximate surface area is 167 Å². The molecule has 0 aliphatic rings. The quantitative estimate of drug-likeness (QED) is 0.377. The van der Waals surface area contributed by atoms with Crippen molar-refractivity contribution in [2.75, 3.05) is 16.5 Å². The summed E-state index contributed by atoms with van der Waals surface area (Å²) in [5.41, 5.74) is 13.4. The number of nitrogen functional groups attached to an aromatic ring is 1. The molecule has 0 radical (unpaired) electrons. The highest BCUT2D eigenvalue weighted by Crippen LogP contribution is 2.23. The molecule has 2 heterocycles. The molecule has 0 saturated heterocycles. The molecular weight excluding hydrogens is 366 g/mol. The summed E-state index contributed by atoms with van der Waals surface area (Å²) in [6.07, 6.45) is 4.84. The molecule has 0 fully saturated rings. The first kappa shape index (κ1) is 18.2. The van der Waals surface area contributed by atoms with E-state index in [4.69, 9.17) is 5.73 Å². The maximum atomic E-state index is 12.7. The topological polar surface area (TPSA) is 118 Å². The van der Waals surface area contributed by atoms with Gasteiger partial charge in [0.05, 0.1) is 0 Å². The number of nitrogens with two attached hydrogens (primary N) is 1. The summed E-state index contributed by atoms with van der Waals surface area (Å²) >= 11 is 0. The molecule has 4 rings (SSSR count). The van der Waals surface area contributed by atoms with Crippen molar-refractivity contribution in [3.63, 3.8) is 0 Å². The van der Waals surface area contributed by atoms with Gasteiger partial charge in [-0.3, -0.25) is 20.6 Å². The van der Waals surface area contributed by atoms with E-state index in [1.54, 1.807) is 18.5 Å². The number of rotatable bonds is 6. The average molecular weight is 385 g/mol. The van der Waals surface area contributed by atoms with Crippen molar-refractivity contribution >= 4 is 34.0 Å². The van der Waals surface area contributed by atoms with Crippen LogP contribution in [0.15, 0.2) is 73.3 Å². The van der Waals surface area contributed by atoms with Crippen molar-refractivity contribution in [1.82, 2.24) is 20.4 Å². The molecule has 0 saturated carbocycles. The first-order chi connectivity index (χ1) is 14.2. The van der Waals surface area contributed by atoms with Crippen molar-refractivity contribution < 1.29 is 4.79 Å². The van der Waals surface area contributed by atoms with E-state index in [-0.39, 0.29) is 5.91 Å². The molecular formula is C21H19N7O. The Morgan fingerprint density at radius 1 is 0.966 bits per heavy atom. The molecule has 8 heteroatoms. The molecule has 0 atom stereocenters. The van der Waals surface area contributed by atoms with E-state index in [0.717, 1.165) is 16.3 Å². The number of anilines is 3. The highest BCUT2D eigenvalue weighted by molar-refractivity contribution is 6.07. The van der Waals surface area contributed by atoms with Crippen LogP contribution in [-0.4, -0.2) is 20.9 Å². The lowest BCUT2D eigenvalue weighted by Gasteiger charge is -2.13. The minimum absolute atomic E-state index is 0.287. The Hall–Kier alpha value is -4.20. The second kappa shape index (κ2) is 8.22. The maximum Gasteiger partial charge on any atom is 0.270 e. The van der Waals surface area contributed by atoms with E-state index in [1.165, 1.54) is 6.33 Å². The lowest BCUT2D eigenvalue weighted by Crippen LogP contribution is -2.30. The molecule has 2 aromatic carbocycles. The fourth-order valence-electron chi connectivity index (χ4n) is 2.93. The third kappa shape index (κ3) is 4.06. The Balaban J connectivity index is 1.46. The fraction of sp³-hybridized carbons (Fsp3) is 0.0476. The molecule has 4 aromatic rings. The van der Waals surface area contributed by atoms with Crippen LogP contribution >= 0.6 is 0 Å². The van der Waals surface area contributed by atoms with E-state index in [9.17, 15) is 4.79 Å². The third-order valence-electron chi connectivity index (χ3n) is 4.40. The zero-order valence-corrected chi connectivity index (χ0v) is 15.5. The summed E-state index contributed by atoms with van der Waals surface area (Å²) in [5, 5.41) is 5.00. The van der Waals surface area contributed by atoms with Gasteiger partial charge in [-0.1, -0.05) is 42.5 Å². The molecule has 0 bridgehead atoms. The molecule has 8 nitrogen and oxygen atoms in total. The number of amides is 1. The van der Waals surface area contributed by atoms with Gasteiger partial charge in [0.1, 0.15) is 12.0 Å². The van der Waals surface area contributed by atoms with Gasteiger partial charge >= 0.3 is 0 Å². The number of carbonyl (C=O) groups is 1. The maximum absolute atomic E-state index is 12.7. The number of nitrogens with one attached hydrogen (secondary N) is 3. The lowest BCUT2D eigenvalue weighted by atomic mass is 10.0. The van der Waals surface area contributed by atoms with Crippen LogP contribution in [0.4, 0.5) is 17.3 Å². The van der Waals surface area contributed by atoms with Crippen LogP contribution in [0, 0.1) is 0 Å². The van der Waals surface area contributed by atoms with Gasteiger partial charge in [0.25, 0.3) is 5.91 Å². The van der Waals surface area contributed by atoms with E-state index < -0.39 is 0 Å². The van der Waals surface area contributed by atoms with Crippen LogP contribution in [0.25, 0.3) is 10.8 Å². The van der Waals surface area contributed by atoms with Gasteiger partial charge < -0.3 is 11.1 Å². The first-order valence-electron chi connectivity index (χ1n) is 9.00. The molecule has 144 valence electrons. The molecule has 2 aromatic heterocycles. The normalized spacial score (nSPS) is 10.5. The number of benzene rings is 2. The predicted molar refractivity (Wildman–Crippen MR) is 113 cm³/mol. The molecule has 29 heavy (non-hydrogen) atoms. The highest BCUT2D eigenvalue weighted by Gasteiger charge is 2.12. The van der Waals surface area contributed by atoms with Crippen molar-refractivity contribution in [1.29, 1.82) is 0 Å². The summed E-state index contributed by atoms with van der Waals surface area (Å²) < 4.78 is 0. The monoisotopic (exact) mass is 385 g/mol. The zero-order chi connectivity index (χ0) is 20.1. The second-order valence-electron chi connectivity index (χ2n) is 6.31. The van der Waals surface area contributed by atoms with Gasteiger partial charge in [-0.05, 0) is 28.5 Å². The van der Waals surface area contributed by atoms with Crippen molar-refractivity contribution in [3.05, 3.63) is 84.4 Å². The standard InChI is InChI=1S/C21H19N7O/c22-18-19(24-12-14-5-4-10-23-11-14)25-13-26-20(18)27-28-21(29)17-9-3-7-15-6-1-2-8-16(15)17/h1-11,13H,12,22H2,(H,28,29)(H2,24,25,26,27). The fourth-order valence-corrected chi connectivity index (χ4v) is 2.93. The summed E-state index contributed by atoms with van der Waals surface area (Å²) in [7, 11) is 0. The number of aromatic nitrogens is 3. The van der Waals surface area contributed by atoms with Gasteiger partial charge in [-0.25, -0.2) is 9.97 Å². The number of hydrogen-bond donors (Lipinski definition) is 4. The van der Waals surface area contributed by atoms with E-state index in [0.29, 0.717) is 29.4 Å². The minimum Gasteiger partial charge on any atom is -0.393 e. The first-order valence-corrected chi connectivity index (χ1v) is 9.00. The van der Waals surface area contributed by atoms with Crippen LogP contribution in [-0.2, 0) is 6.54 Å². The molecule has 5 N–H and O–H groups in total. The molecule has 0 aliphatic carbocycles. The summed E-state index contributed by atoms with van der Waals surface area (Å²) in [4.78, 5) is 25.0. The van der Waals surface area contributed by atoms with Crippen LogP contribution in [0.2, 0.25) is 0 Å². The third-order valence-corrected chi connectivity index (χ3v) is 4.40. The van der Waals surface area contributed by atoms with Gasteiger partial charge in [0.2, 0.25) is 0 Å². The van der Waals surface area contributed by atoms with Crippen LogP contribution in [0.1, 0.15) is 15.9 Å². The van der Waals surface area contributed by atoms with Gasteiger partial charge in [0, 0.05) is 24.5 Å². The SMILES string of the molecule is Nc1c(NCc2cccnc2)ncnc1NNC(=O)c1cccc2ccccc12. The second-order valence-corrected chi connectivity index (χ2v) is 6.31. The van der Waals surface area contributed by atoms with Gasteiger partial charge in [0.15, 0.2) is 11.6 Å². The minimum atomic E-state index is -0.287. The largest absolute Gasteiger partial charge is 0.393 e. The predicted octanol–water partition coefficient (Wildman–Crippen LogP) is 2.98. The van der Waals surface area contributed by atoms with Gasteiger partial charge in [-0.15, -0.1) is 0 Å². The number of fused-ring (bicyclic) bond motifs is 1. The van der Waals surface area contributed by atoms with E-state index in [2.05, 4.69) is 31.1 Å². The Morgan fingerprint density at radius 2 is 1.79 bits per heavy atom. The van der Waals surface area contributed by atoms with Crippen molar-refractivity contribution in [2.45, 2.75) is 6.54 Å². The van der Waals surface area contributed by atoms with Crippen molar-refractivity contribution in [3.8, 4) is 0 Å². The van der Waals surface area contributed by atoms with Crippen LogP contribution < -0.4 is 21.9 Å². The van der Waals surface area contributed by atoms with E-state index in [1.807, 2.05) is 48.5 Å². The number of pyridine rings is 1. The average Bonchev–Trinajstić information content (AvgIpc) is 2.77. The number of hydrogen-bond acceptors (Lipinski definition) is 7. The van der Waals surface area contributed by atoms with Crippen LogP contribution in [0.3, 0.4) is 0 Å². The molecule has 0 aliphatic heterocycles. The van der Waals surface area contributed by atoms with Crippen molar-refractivity contribution in [2.24, 2.45) is 0 Å². The number of nitrogens with zero attached hydrogens (tertiary/aromatic N) is 3. The van der Waals surface area contributed by atoms with E-state index >= 15 is 0 Å². The Morgan fingerprint density at radius 3 is 2.66 bits per heavy atom. The lowest BCUT2D eigenvalue weighted by molar-refractivity contribution is 0.0964. The molecule has 0 spiro atoms. The summed E-state index contributed by atoms with van der Waals surface area (Å²) in [6.45, 7) is 0.511. The Kier molecular flexibility index (Phi) is 5.15. The zero-order valence-electron chi connectivity index (χ0n) is 15.5. The number of carbonyl (C=O) groups excluding carboxylic acids is 1. The smallest absolute Gasteiger partial charge is 0.270 e. The number of hydrazine groups is 1.